The van der Waals surface area contributed by atoms with Crippen LogP contribution in [0.2, 0.25) is 0 Å². The van der Waals surface area contributed by atoms with E-state index in [4.69, 9.17) is 4.74 Å². The van der Waals surface area contributed by atoms with Crippen molar-refractivity contribution < 1.29 is 4.74 Å². The molecule has 1 aromatic carbocycles. The molecule has 0 radical (unpaired) electrons. The Labute approximate surface area is 123 Å². The van der Waals surface area contributed by atoms with E-state index in [9.17, 15) is 0 Å². The molecule has 112 valence electrons. The minimum Gasteiger partial charge on any atom is -0.496 e. The van der Waals surface area contributed by atoms with E-state index in [0.29, 0.717) is 12.1 Å². The lowest BCUT2D eigenvalue weighted by Crippen LogP contribution is -2.32. The van der Waals surface area contributed by atoms with Crippen LogP contribution in [0.1, 0.15) is 64.0 Å². The maximum Gasteiger partial charge on any atom is 0.123 e. The second-order valence-electron chi connectivity index (χ2n) is 6.18. The molecule has 20 heavy (non-hydrogen) atoms. The van der Waals surface area contributed by atoms with E-state index in [-0.39, 0.29) is 0 Å². The second kappa shape index (κ2) is 7.68. The fraction of sp³-hybridized carbons (Fsp3) is 0.667. The van der Waals surface area contributed by atoms with Gasteiger partial charge in [0.1, 0.15) is 5.75 Å². The predicted molar refractivity (Wildman–Crippen MR) is 85.2 cm³/mol. The van der Waals surface area contributed by atoms with Gasteiger partial charge in [0.2, 0.25) is 0 Å². The minimum atomic E-state index is 0.407. The van der Waals surface area contributed by atoms with Crippen molar-refractivity contribution in [1.29, 1.82) is 0 Å². The molecule has 3 unspecified atom stereocenters. The zero-order valence-corrected chi connectivity index (χ0v) is 13.2. The Balaban J connectivity index is 2.04. The SMILES string of the molecule is CCC(NC1CCCC(C)CC1)c1ccccc1OC. The Morgan fingerprint density at radius 2 is 2.00 bits per heavy atom. The van der Waals surface area contributed by atoms with E-state index < -0.39 is 0 Å². The number of methoxy groups -OCH3 is 1. The van der Waals surface area contributed by atoms with Crippen LogP contribution in [0.25, 0.3) is 0 Å². The van der Waals surface area contributed by atoms with Crippen molar-refractivity contribution in [3.63, 3.8) is 0 Å². The van der Waals surface area contributed by atoms with Gasteiger partial charge in [0.25, 0.3) is 0 Å². The topological polar surface area (TPSA) is 21.3 Å². The third kappa shape index (κ3) is 3.99. The molecule has 1 aliphatic rings. The molecule has 1 N–H and O–H groups in total. The summed E-state index contributed by atoms with van der Waals surface area (Å²) < 4.78 is 5.52. The van der Waals surface area contributed by atoms with Crippen molar-refractivity contribution in [2.75, 3.05) is 7.11 Å². The van der Waals surface area contributed by atoms with E-state index >= 15 is 0 Å². The van der Waals surface area contributed by atoms with Gasteiger partial charge in [-0.3, -0.25) is 0 Å². The first-order valence-corrected chi connectivity index (χ1v) is 8.13. The molecule has 3 atom stereocenters. The average molecular weight is 275 g/mol. The monoisotopic (exact) mass is 275 g/mol. The number of ether oxygens (including phenoxy) is 1. The van der Waals surface area contributed by atoms with Crippen molar-refractivity contribution >= 4 is 0 Å². The Kier molecular flexibility index (Phi) is 5.90. The number of benzene rings is 1. The molecule has 1 aromatic rings. The lowest BCUT2D eigenvalue weighted by molar-refractivity contribution is 0.365. The standard InChI is InChI=1S/C18H29NO/c1-4-17(16-10-5-6-11-18(16)20-3)19-15-9-7-8-14(2)12-13-15/h5-6,10-11,14-15,17,19H,4,7-9,12-13H2,1-3H3. The first-order chi connectivity index (χ1) is 9.74. The molecular formula is C18H29NO. The molecule has 2 heteroatoms. The molecule has 1 aliphatic carbocycles. The normalized spacial score (nSPS) is 24.9. The van der Waals surface area contributed by atoms with Crippen LogP contribution in [0, 0.1) is 5.92 Å². The van der Waals surface area contributed by atoms with E-state index in [2.05, 4.69) is 37.4 Å². The van der Waals surface area contributed by atoms with Crippen LogP contribution in [-0.4, -0.2) is 13.2 Å². The Hall–Kier alpha value is -1.02. The second-order valence-corrected chi connectivity index (χ2v) is 6.18. The Morgan fingerprint density at radius 3 is 2.75 bits per heavy atom. The molecule has 0 aromatic heterocycles. The molecule has 0 spiro atoms. The van der Waals surface area contributed by atoms with E-state index in [1.165, 1.54) is 37.7 Å². The highest BCUT2D eigenvalue weighted by molar-refractivity contribution is 5.35. The maximum absolute atomic E-state index is 5.52. The van der Waals surface area contributed by atoms with Gasteiger partial charge < -0.3 is 10.1 Å². The van der Waals surface area contributed by atoms with Crippen LogP contribution < -0.4 is 10.1 Å². The highest BCUT2D eigenvalue weighted by Gasteiger charge is 2.21. The molecule has 0 amide bonds. The molecule has 0 bridgehead atoms. The molecule has 1 saturated carbocycles. The third-order valence-corrected chi connectivity index (χ3v) is 4.62. The van der Waals surface area contributed by atoms with E-state index in [1.54, 1.807) is 7.11 Å². The van der Waals surface area contributed by atoms with Crippen LogP contribution in [0.4, 0.5) is 0 Å². The van der Waals surface area contributed by atoms with Crippen molar-refractivity contribution in [3.8, 4) is 5.75 Å². The largest absolute Gasteiger partial charge is 0.496 e. The molecular weight excluding hydrogens is 246 g/mol. The minimum absolute atomic E-state index is 0.407. The third-order valence-electron chi connectivity index (χ3n) is 4.62. The van der Waals surface area contributed by atoms with Crippen molar-refractivity contribution in [3.05, 3.63) is 29.8 Å². The summed E-state index contributed by atoms with van der Waals surface area (Å²) in [6.45, 7) is 4.64. The summed E-state index contributed by atoms with van der Waals surface area (Å²) in [5.74, 6) is 1.90. The average Bonchev–Trinajstić information content (AvgIpc) is 2.69. The van der Waals surface area contributed by atoms with Crippen LogP contribution in [0.3, 0.4) is 0 Å². The lowest BCUT2D eigenvalue weighted by Gasteiger charge is -2.25. The predicted octanol–water partition coefficient (Wildman–Crippen LogP) is 4.70. The summed E-state index contributed by atoms with van der Waals surface area (Å²) in [4.78, 5) is 0. The summed E-state index contributed by atoms with van der Waals surface area (Å²) >= 11 is 0. The summed E-state index contributed by atoms with van der Waals surface area (Å²) in [5.41, 5.74) is 1.30. The summed E-state index contributed by atoms with van der Waals surface area (Å²) in [6, 6.07) is 9.48. The number of nitrogens with one attached hydrogen (secondary N) is 1. The molecule has 2 rings (SSSR count). The Morgan fingerprint density at radius 1 is 1.20 bits per heavy atom. The Bertz CT molecular complexity index is 404. The molecule has 1 fully saturated rings. The van der Waals surface area contributed by atoms with Crippen LogP contribution in [0.5, 0.6) is 5.75 Å². The molecule has 0 saturated heterocycles. The molecule has 2 nitrogen and oxygen atoms in total. The van der Waals surface area contributed by atoms with Gasteiger partial charge in [-0.25, -0.2) is 0 Å². The molecule has 0 aliphatic heterocycles. The number of hydrogen-bond donors (Lipinski definition) is 1. The van der Waals surface area contributed by atoms with Crippen LogP contribution in [-0.2, 0) is 0 Å². The fourth-order valence-electron chi connectivity index (χ4n) is 3.32. The van der Waals surface area contributed by atoms with Gasteiger partial charge in [0.05, 0.1) is 7.11 Å². The number of para-hydroxylation sites is 1. The van der Waals surface area contributed by atoms with Gasteiger partial charge in [0, 0.05) is 17.6 Å². The van der Waals surface area contributed by atoms with Crippen LogP contribution in [0.15, 0.2) is 24.3 Å². The van der Waals surface area contributed by atoms with E-state index in [0.717, 1.165) is 18.1 Å². The first-order valence-electron chi connectivity index (χ1n) is 8.13. The highest BCUT2D eigenvalue weighted by Crippen LogP contribution is 2.30. The van der Waals surface area contributed by atoms with Gasteiger partial charge in [0.15, 0.2) is 0 Å². The first kappa shape index (κ1) is 15.4. The lowest BCUT2D eigenvalue weighted by atomic mass is 9.99. The van der Waals surface area contributed by atoms with Gasteiger partial charge in [-0.15, -0.1) is 0 Å². The van der Waals surface area contributed by atoms with Crippen LogP contribution >= 0.6 is 0 Å². The molecule has 0 heterocycles. The van der Waals surface area contributed by atoms with Crippen molar-refractivity contribution in [2.24, 2.45) is 5.92 Å². The van der Waals surface area contributed by atoms with Gasteiger partial charge >= 0.3 is 0 Å². The summed E-state index contributed by atoms with van der Waals surface area (Å²) in [7, 11) is 1.76. The van der Waals surface area contributed by atoms with Crippen molar-refractivity contribution in [1.82, 2.24) is 5.32 Å². The van der Waals surface area contributed by atoms with E-state index in [1.807, 2.05) is 6.07 Å². The van der Waals surface area contributed by atoms with Crippen molar-refractivity contribution in [2.45, 2.75) is 64.5 Å². The summed E-state index contributed by atoms with van der Waals surface area (Å²) in [6.07, 6.45) is 7.85. The summed E-state index contributed by atoms with van der Waals surface area (Å²) in [5, 5.41) is 3.88. The number of hydrogen-bond acceptors (Lipinski definition) is 2. The van der Waals surface area contributed by atoms with Gasteiger partial charge in [-0.05, 0) is 37.7 Å². The van der Waals surface area contributed by atoms with Gasteiger partial charge in [-0.1, -0.05) is 44.9 Å². The fourth-order valence-corrected chi connectivity index (χ4v) is 3.32. The maximum atomic E-state index is 5.52. The highest BCUT2D eigenvalue weighted by atomic mass is 16.5. The zero-order chi connectivity index (χ0) is 14.4. The van der Waals surface area contributed by atoms with Gasteiger partial charge in [-0.2, -0.15) is 0 Å². The number of rotatable bonds is 5. The quantitative estimate of drug-likeness (QED) is 0.786. The smallest absolute Gasteiger partial charge is 0.123 e. The zero-order valence-electron chi connectivity index (χ0n) is 13.2.